The van der Waals surface area contributed by atoms with Gasteiger partial charge in [-0.3, -0.25) is 4.90 Å². The fraction of sp³-hybridized carbons (Fsp3) is 0.611. The predicted octanol–water partition coefficient (Wildman–Crippen LogP) is 2.46. The van der Waals surface area contributed by atoms with E-state index in [2.05, 4.69) is 45.5 Å². The van der Waals surface area contributed by atoms with E-state index in [-0.39, 0.29) is 0 Å². The number of anilines is 1. The summed E-state index contributed by atoms with van der Waals surface area (Å²) < 4.78 is 5.86. The highest BCUT2D eigenvalue weighted by Gasteiger charge is 2.40. The molecule has 2 fully saturated rings. The molecular formula is C18H25N5O. The number of rotatable bonds is 4. The van der Waals surface area contributed by atoms with Gasteiger partial charge in [-0.25, -0.2) is 15.0 Å². The van der Waals surface area contributed by atoms with Gasteiger partial charge >= 0.3 is 0 Å². The molecule has 0 aromatic carbocycles. The second kappa shape index (κ2) is 6.16. The zero-order chi connectivity index (χ0) is 16.7. The average Bonchev–Trinajstić information content (AvgIpc) is 3.22. The van der Waals surface area contributed by atoms with Crippen LogP contribution in [0, 0.1) is 18.8 Å². The van der Waals surface area contributed by atoms with Crippen LogP contribution in [-0.2, 0) is 6.54 Å². The molecule has 6 heteroatoms. The van der Waals surface area contributed by atoms with Crippen LogP contribution >= 0.6 is 0 Å². The molecule has 2 aliphatic heterocycles. The van der Waals surface area contributed by atoms with Crippen LogP contribution in [0.15, 0.2) is 23.1 Å². The number of fused-ring (bicyclic) bond motifs is 1. The number of oxazole rings is 1. The lowest BCUT2D eigenvalue weighted by Crippen LogP contribution is -2.29. The minimum Gasteiger partial charge on any atom is -0.444 e. The maximum atomic E-state index is 5.86. The minimum absolute atomic E-state index is 0.397. The topological polar surface area (TPSA) is 58.3 Å². The fourth-order valence-electron chi connectivity index (χ4n) is 3.97. The normalized spacial score (nSPS) is 24.1. The molecule has 2 saturated heterocycles. The molecule has 2 aromatic heterocycles. The molecule has 0 saturated carbocycles. The zero-order valence-electron chi connectivity index (χ0n) is 14.6. The Labute approximate surface area is 142 Å². The first-order chi connectivity index (χ1) is 11.6. The van der Waals surface area contributed by atoms with Crippen LogP contribution < -0.4 is 4.90 Å². The Balaban J connectivity index is 1.36. The van der Waals surface area contributed by atoms with Crippen molar-refractivity contribution < 1.29 is 4.42 Å². The molecular weight excluding hydrogens is 302 g/mol. The Morgan fingerprint density at radius 3 is 2.50 bits per heavy atom. The van der Waals surface area contributed by atoms with Gasteiger partial charge in [0.2, 0.25) is 5.89 Å². The lowest BCUT2D eigenvalue weighted by molar-refractivity contribution is 0.269. The summed E-state index contributed by atoms with van der Waals surface area (Å²) in [6, 6.07) is 0. The summed E-state index contributed by atoms with van der Waals surface area (Å²) in [5.41, 5.74) is 1.16. The van der Waals surface area contributed by atoms with Gasteiger partial charge in [-0.2, -0.15) is 0 Å². The van der Waals surface area contributed by atoms with Gasteiger partial charge in [0, 0.05) is 43.9 Å². The van der Waals surface area contributed by atoms with Gasteiger partial charge in [-0.15, -0.1) is 0 Å². The number of aryl methyl sites for hydroxylation is 1. The van der Waals surface area contributed by atoms with Gasteiger partial charge in [0.15, 0.2) is 0 Å². The number of hydrogen-bond donors (Lipinski definition) is 0. The standard InChI is InChI=1S/C18H25N5O/c1-12(2)16-5-20-17(24-16)10-22-6-14-8-23(9-15(14)7-22)18-13(3)4-19-11-21-18/h4-5,11-12,14-15H,6-10H2,1-3H3. The van der Waals surface area contributed by atoms with Crippen molar-refractivity contribution in [3.05, 3.63) is 35.9 Å². The Hall–Kier alpha value is -1.95. The Bertz CT molecular complexity index is 699. The van der Waals surface area contributed by atoms with E-state index in [0.717, 1.165) is 55.8 Å². The van der Waals surface area contributed by atoms with Crippen molar-refractivity contribution >= 4 is 5.82 Å². The Morgan fingerprint density at radius 1 is 1.12 bits per heavy atom. The van der Waals surface area contributed by atoms with Crippen LogP contribution in [0.1, 0.15) is 37.0 Å². The van der Waals surface area contributed by atoms with E-state index in [1.807, 2.05) is 12.4 Å². The fourth-order valence-corrected chi connectivity index (χ4v) is 3.97. The third-order valence-corrected chi connectivity index (χ3v) is 5.23. The first kappa shape index (κ1) is 15.6. The van der Waals surface area contributed by atoms with Gasteiger partial charge in [-0.1, -0.05) is 13.8 Å². The van der Waals surface area contributed by atoms with E-state index in [1.165, 1.54) is 0 Å². The summed E-state index contributed by atoms with van der Waals surface area (Å²) in [5.74, 6) is 4.74. The van der Waals surface area contributed by atoms with Crippen LogP contribution in [0.25, 0.3) is 0 Å². The van der Waals surface area contributed by atoms with Crippen molar-refractivity contribution in [1.82, 2.24) is 19.9 Å². The average molecular weight is 327 g/mol. The van der Waals surface area contributed by atoms with Crippen molar-refractivity contribution in [3.63, 3.8) is 0 Å². The second-order valence-electron chi connectivity index (χ2n) is 7.46. The maximum Gasteiger partial charge on any atom is 0.208 e. The number of hydrogen-bond acceptors (Lipinski definition) is 6. The van der Waals surface area contributed by atoms with Crippen LogP contribution in [-0.4, -0.2) is 46.0 Å². The number of aromatic nitrogens is 3. The van der Waals surface area contributed by atoms with Crippen LogP contribution in [0.5, 0.6) is 0 Å². The van der Waals surface area contributed by atoms with Crippen molar-refractivity contribution in [3.8, 4) is 0 Å². The molecule has 6 nitrogen and oxygen atoms in total. The van der Waals surface area contributed by atoms with Gasteiger partial charge in [0.1, 0.15) is 17.9 Å². The molecule has 2 atom stereocenters. The minimum atomic E-state index is 0.397. The SMILES string of the molecule is Cc1cncnc1N1CC2CN(Cc3ncc(C(C)C)o3)CC2C1. The van der Waals surface area contributed by atoms with Gasteiger partial charge < -0.3 is 9.32 Å². The monoisotopic (exact) mass is 327 g/mol. The quantitative estimate of drug-likeness (QED) is 0.860. The number of nitrogens with zero attached hydrogens (tertiary/aromatic N) is 5. The number of likely N-dealkylation sites (tertiary alicyclic amines) is 1. The summed E-state index contributed by atoms with van der Waals surface area (Å²) in [7, 11) is 0. The lowest BCUT2D eigenvalue weighted by atomic mass is 10.0. The highest BCUT2D eigenvalue weighted by Crippen LogP contribution is 2.34. The molecule has 4 heterocycles. The largest absolute Gasteiger partial charge is 0.444 e. The maximum absolute atomic E-state index is 5.86. The Kier molecular flexibility index (Phi) is 4.00. The highest BCUT2D eigenvalue weighted by molar-refractivity contribution is 5.46. The first-order valence-corrected chi connectivity index (χ1v) is 8.78. The molecule has 2 aliphatic rings. The lowest BCUT2D eigenvalue weighted by Gasteiger charge is -2.22. The van der Waals surface area contributed by atoms with Crippen LogP contribution in [0.3, 0.4) is 0 Å². The molecule has 0 amide bonds. The van der Waals surface area contributed by atoms with Gasteiger partial charge in [0.25, 0.3) is 0 Å². The summed E-state index contributed by atoms with van der Waals surface area (Å²) in [5, 5.41) is 0. The van der Waals surface area contributed by atoms with E-state index in [0.29, 0.717) is 17.8 Å². The smallest absolute Gasteiger partial charge is 0.208 e. The third-order valence-electron chi connectivity index (χ3n) is 5.23. The van der Waals surface area contributed by atoms with Crippen molar-refractivity contribution in [2.75, 3.05) is 31.1 Å². The molecule has 128 valence electrons. The van der Waals surface area contributed by atoms with E-state index in [9.17, 15) is 0 Å². The zero-order valence-corrected chi connectivity index (χ0v) is 14.6. The molecule has 4 rings (SSSR count). The third kappa shape index (κ3) is 2.90. The molecule has 0 N–H and O–H groups in total. The van der Waals surface area contributed by atoms with Crippen molar-refractivity contribution in [2.24, 2.45) is 11.8 Å². The molecule has 0 bridgehead atoms. The Morgan fingerprint density at radius 2 is 1.88 bits per heavy atom. The van der Waals surface area contributed by atoms with Gasteiger partial charge in [0.05, 0.1) is 12.7 Å². The molecule has 2 aromatic rings. The van der Waals surface area contributed by atoms with Crippen molar-refractivity contribution in [2.45, 2.75) is 33.2 Å². The molecule has 0 spiro atoms. The van der Waals surface area contributed by atoms with Crippen molar-refractivity contribution in [1.29, 1.82) is 0 Å². The van der Waals surface area contributed by atoms with E-state index in [1.54, 1.807) is 6.33 Å². The van der Waals surface area contributed by atoms with Crippen LogP contribution in [0.4, 0.5) is 5.82 Å². The summed E-state index contributed by atoms with van der Waals surface area (Å²) >= 11 is 0. The first-order valence-electron chi connectivity index (χ1n) is 8.78. The molecule has 24 heavy (non-hydrogen) atoms. The predicted molar refractivity (Wildman–Crippen MR) is 91.8 cm³/mol. The highest BCUT2D eigenvalue weighted by atomic mass is 16.4. The van der Waals surface area contributed by atoms with E-state index in [4.69, 9.17) is 4.42 Å². The van der Waals surface area contributed by atoms with E-state index >= 15 is 0 Å². The van der Waals surface area contributed by atoms with E-state index < -0.39 is 0 Å². The summed E-state index contributed by atoms with van der Waals surface area (Å²) in [6.07, 6.45) is 5.42. The van der Waals surface area contributed by atoms with Gasteiger partial charge in [-0.05, 0) is 18.8 Å². The molecule has 0 radical (unpaired) electrons. The summed E-state index contributed by atoms with van der Waals surface area (Å²) in [6.45, 7) is 11.6. The van der Waals surface area contributed by atoms with Crippen LogP contribution in [0.2, 0.25) is 0 Å². The second-order valence-corrected chi connectivity index (χ2v) is 7.46. The molecule has 2 unspecified atom stereocenters. The summed E-state index contributed by atoms with van der Waals surface area (Å²) in [4.78, 5) is 17.9. The molecule has 0 aliphatic carbocycles.